The van der Waals surface area contributed by atoms with E-state index in [1.165, 1.54) is 7.11 Å². The van der Waals surface area contributed by atoms with E-state index in [4.69, 9.17) is 9.84 Å². The SMILES string of the molecule is COCC(C)(CC(=O)O)NC(=O)C1CC(=O)N(Cc2ccccc2)C1. The summed E-state index contributed by atoms with van der Waals surface area (Å²) in [6, 6.07) is 9.58. The van der Waals surface area contributed by atoms with Crippen molar-refractivity contribution in [3.05, 3.63) is 35.9 Å². The molecule has 0 aromatic heterocycles. The monoisotopic (exact) mass is 348 g/mol. The van der Waals surface area contributed by atoms with Gasteiger partial charge in [0, 0.05) is 26.6 Å². The molecular formula is C18H24N2O5. The number of nitrogens with zero attached hydrogens (tertiary/aromatic N) is 1. The quantitative estimate of drug-likeness (QED) is 0.731. The van der Waals surface area contributed by atoms with E-state index in [0.29, 0.717) is 13.1 Å². The Balaban J connectivity index is 1.98. The van der Waals surface area contributed by atoms with E-state index in [1.54, 1.807) is 11.8 Å². The molecule has 7 nitrogen and oxygen atoms in total. The fraction of sp³-hybridized carbons (Fsp3) is 0.500. The Bertz CT molecular complexity index is 634. The van der Waals surface area contributed by atoms with Gasteiger partial charge in [-0.1, -0.05) is 30.3 Å². The largest absolute Gasteiger partial charge is 0.481 e. The number of carboxylic acids is 1. The number of methoxy groups -OCH3 is 1. The fourth-order valence-electron chi connectivity index (χ4n) is 3.09. The van der Waals surface area contributed by atoms with Gasteiger partial charge in [0.1, 0.15) is 0 Å². The van der Waals surface area contributed by atoms with Gasteiger partial charge in [-0.05, 0) is 12.5 Å². The van der Waals surface area contributed by atoms with Gasteiger partial charge in [-0.15, -0.1) is 0 Å². The number of nitrogens with one attached hydrogen (secondary N) is 1. The minimum absolute atomic E-state index is 0.0734. The Hall–Kier alpha value is -2.41. The van der Waals surface area contributed by atoms with E-state index in [-0.39, 0.29) is 31.3 Å². The summed E-state index contributed by atoms with van der Waals surface area (Å²) in [4.78, 5) is 37.4. The van der Waals surface area contributed by atoms with Crippen LogP contribution in [-0.2, 0) is 25.7 Å². The maximum atomic E-state index is 12.5. The van der Waals surface area contributed by atoms with Crippen molar-refractivity contribution in [2.24, 2.45) is 5.92 Å². The summed E-state index contributed by atoms with van der Waals surface area (Å²) in [5, 5.41) is 11.8. The van der Waals surface area contributed by atoms with Gasteiger partial charge in [0.25, 0.3) is 0 Å². The van der Waals surface area contributed by atoms with Crippen LogP contribution in [0.3, 0.4) is 0 Å². The van der Waals surface area contributed by atoms with Crippen LogP contribution in [0.2, 0.25) is 0 Å². The highest BCUT2D eigenvalue weighted by Crippen LogP contribution is 2.22. The van der Waals surface area contributed by atoms with Gasteiger partial charge in [-0.2, -0.15) is 0 Å². The van der Waals surface area contributed by atoms with Crippen LogP contribution in [-0.4, -0.2) is 53.6 Å². The summed E-state index contributed by atoms with van der Waals surface area (Å²) in [5.74, 6) is -1.89. The Morgan fingerprint density at radius 3 is 2.64 bits per heavy atom. The Morgan fingerprint density at radius 1 is 1.36 bits per heavy atom. The predicted molar refractivity (Wildman–Crippen MR) is 90.6 cm³/mol. The van der Waals surface area contributed by atoms with E-state index in [0.717, 1.165) is 5.56 Å². The van der Waals surface area contributed by atoms with E-state index >= 15 is 0 Å². The molecule has 2 N–H and O–H groups in total. The first kappa shape index (κ1) is 18.9. The van der Waals surface area contributed by atoms with Crippen molar-refractivity contribution < 1.29 is 24.2 Å². The summed E-state index contributed by atoms with van der Waals surface area (Å²) >= 11 is 0. The summed E-state index contributed by atoms with van der Waals surface area (Å²) in [7, 11) is 1.45. The van der Waals surface area contributed by atoms with Gasteiger partial charge in [0.2, 0.25) is 11.8 Å². The number of hydrogen-bond donors (Lipinski definition) is 2. The summed E-state index contributed by atoms with van der Waals surface area (Å²) in [5.41, 5.74) is 0.000103. The number of amides is 2. The maximum absolute atomic E-state index is 12.5. The zero-order valence-corrected chi connectivity index (χ0v) is 14.5. The van der Waals surface area contributed by atoms with Crippen molar-refractivity contribution in [1.29, 1.82) is 0 Å². The van der Waals surface area contributed by atoms with Gasteiger partial charge < -0.3 is 20.1 Å². The van der Waals surface area contributed by atoms with Gasteiger partial charge in [0.05, 0.1) is 24.5 Å². The highest BCUT2D eigenvalue weighted by atomic mass is 16.5. The lowest BCUT2D eigenvalue weighted by Crippen LogP contribution is -2.52. The molecule has 0 bridgehead atoms. The first-order valence-electron chi connectivity index (χ1n) is 8.17. The molecule has 0 aliphatic carbocycles. The number of carbonyl (C=O) groups excluding carboxylic acids is 2. The van der Waals surface area contributed by atoms with Crippen LogP contribution in [0.4, 0.5) is 0 Å². The molecule has 1 aliphatic rings. The third kappa shape index (κ3) is 5.29. The fourth-order valence-corrected chi connectivity index (χ4v) is 3.09. The molecule has 2 unspecified atom stereocenters. The molecule has 0 spiro atoms. The summed E-state index contributed by atoms with van der Waals surface area (Å²) < 4.78 is 5.04. The van der Waals surface area contributed by atoms with Crippen molar-refractivity contribution in [1.82, 2.24) is 10.2 Å². The molecule has 7 heteroatoms. The molecular weight excluding hydrogens is 324 g/mol. The van der Waals surface area contributed by atoms with Crippen LogP contribution in [0.25, 0.3) is 0 Å². The molecule has 0 radical (unpaired) electrons. The molecule has 136 valence electrons. The molecule has 25 heavy (non-hydrogen) atoms. The maximum Gasteiger partial charge on any atom is 0.305 e. The third-order valence-electron chi connectivity index (χ3n) is 4.23. The van der Waals surface area contributed by atoms with E-state index in [9.17, 15) is 14.4 Å². The van der Waals surface area contributed by atoms with Crippen LogP contribution in [0.15, 0.2) is 30.3 Å². The molecule has 1 saturated heterocycles. The molecule has 0 saturated carbocycles. The number of ether oxygens (including phenoxy) is 1. The molecule has 1 aromatic rings. The molecule has 1 fully saturated rings. The van der Waals surface area contributed by atoms with E-state index in [2.05, 4.69) is 5.32 Å². The molecule has 1 aromatic carbocycles. The molecule has 1 aliphatic heterocycles. The second-order valence-electron chi connectivity index (χ2n) is 6.71. The van der Waals surface area contributed by atoms with Crippen molar-refractivity contribution in [2.75, 3.05) is 20.3 Å². The van der Waals surface area contributed by atoms with Crippen molar-refractivity contribution in [3.63, 3.8) is 0 Å². The lowest BCUT2D eigenvalue weighted by molar-refractivity contribution is -0.140. The number of aliphatic carboxylic acids is 1. The van der Waals surface area contributed by atoms with Crippen LogP contribution in [0.5, 0.6) is 0 Å². The number of carbonyl (C=O) groups is 3. The Kier molecular flexibility index (Phi) is 6.14. The first-order valence-corrected chi connectivity index (χ1v) is 8.17. The van der Waals surface area contributed by atoms with Crippen LogP contribution in [0.1, 0.15) is 25.3 Å². The highest BCUT2D eigenvalue weighted by Gasteiger charge is 2.38. The van der Waals surface area contributed by atoms with Gasteiger partial charge in [-0.25, -0.2) is 0 Å². The van der Waals surface area contributed by atoms with E-state index < -0.39 is 17.4 Å². The highest BCUT2D eigenvalue weighted by molar-refractivity contribution is 5.89. The van der Waals surface area contributed by atoms with Crippen LogP contribution in [0, 0.1) is 5.92 Å². The van der Waals surface area contributed by atoms with Crippen molar-refractivity contribution in [3.8, 4) is 0 Å². The second kappa shape index (κ2) is 8.11. The average molecular weight is 348 g/mol. The average Bonchev–Trinajstić information content (AvgIpc) is 2.88. The second-order valence-corrected chi connectivity index (χ2v) is 6.71. The number of rotatable bonds is 8. The number of carboxylic acid groups (broad SMARTS) is 1. The Morgan fingerprint density at radius 2 is 2.04 bits per heavy atom. The third-order valence-corrected chi connectivity index (χ3v) is 4.23. The van der Waals surface area contributed by atoms with Crippen LogP contribution < -0.4 is 5.32 Å². The number of benzene rings is 1. The van der Waals surface area contributed by atoms with E-state index in [1.807, 2.05) is 30.3 Å². The molecule has 1 heterocycles. The zero-order chi connectivity index (χ0) is 18.4. The minimum atomic E-state index is -1.02. The Labute approximate surface area is 147 Å². The van der Waals surface area contributed by atoms with Crippen molar-refractivity contribution in [2.45, 2.75) is 31.8 Å². The topological polar surface area (TPSA) is 95.9 Å². The van der Waals surface area contributed by atoms with Crippen molar-refractivity contribution >= 4 is 17.8 Å². The van der Waals surface area contributed by atoms with Crippen LogP contribution >= 0.6 is 0 Å². The molecule has 2 rings (SSSR count). The van der Waals surface area contributed by atoms with Gasteiger partial charge in [-0.3, -0.25) is 14.4 Å². The zero-order valence-electron chi connectivity index (χ0n) is 14.5. The number of hydrogen-bond acceptors (Lipinski definition) is 4. The lowest BCUT2D eigenvalue weighted by atomic mass is 9.97. The standard InChI is InChI=1S/C18H24N2O5/c1-18(12-25-2,9-16(22)23)19-17(24)14-8-15(21)20(11-14)10-13-6-4-3-5-7-13/h3-7,14H,8-12H2,1-2H3,(H,19,24)(H,22,23). The smallest absolute Gasteiger partial charge is 0.305 e. The number of likely N-dealkylation sites (tertiary alicyclic amines) is 1. The predicted octanol–water partition coefficient (Wildman–Crippen LogP) is 1.03. The first-order chi connectivity index (χ1) is 11.8. The summed E-state index contributed by atoms with van der Waals surface area (Å²) in [6.07, 6.45) is -0.115. The summed E-state index contributed by atoms with van der Waals surface area (Å²) in [6.45, 7) is 2.50. The van der Waals surface area contributed by atoms with Gasteiger partial charge in [0.15, 0.2) is 0 Å². The molecule has 2 amide bonds. The van der Waals surface area contributed by atoms with Gasteiger partial charge >= 0.3 is 5.97 Å². The lowest BCUT2D eigenvalue weighted by Gasteiger charge is -2.29. The minimum Gasteiger partial charge on any atom is -0.481 e. The molecule has 2 atom stereocenters. The normalized spacial score (nSPS) is 19.5.